The molecule has 1 heterocycles. The topological polar surface area (TPSA) is 72.2 Å². The van der Waals surface area contributed by atoms with Gasteiger partial charge in [-0.15, -0.1) is 0 Å². The fraction of sp³-hybridized carbons (Fsp3) is 0.375. The predicted molar refractivity (Wildman–Crippen MR) is 44.9 cm³/mol. The lowest BCUT2D eigenvalue weighted by molar-refractivity contribution is 0.0685. The number of aromatic nitrogens is 2. The SMILES string of the molecule is CCn1cc(C(C)=O)c(C(=O)O)n1. The van der Waals surface area contributed by atoms with E-state index in [0.717, 1.165) is 0 Å². The largest absolute Gasteiger partial charge is 0.476 e. The maximum atomic E-state index is 11.0. The van der Waals surface area contributed by atoms with Crippen LogP contribution in [0.15, 0.2) is 6.20 Å². The average molecular weight is 182 g/mol. The third-order valence-corrected chi connectivity index (χ3v) is 1.67. The van der Waals surface area contributed by atoms with Gasteiger partial charge in [0.2, 0.25) is 0 Å². The second-order valence-electron chi connectivity index (χ2n) is 2.61. The summed E-state index contributed by atoms with van der Waals surface area (Å²) in [5.74, 6) is -1.45. The monoisotopic (exact) mass is 182 g/mol. The molecule has 0 saturated carbocycles. The van der Waals surface area contributed by atoms with E-state index in [1.807, 2.05) is 6.92 Å². The number of carboxylic acid groups (broad SMARTS) is 1. The van der Waals surface area contributed by atoms with Crippen molar-refractivity contribution in [3.05, 3.63) is 17.5 Å². The molecule has 0 bridgehead atoms. The second-order valence-corrected chi connectivity index (χ2v) is 2.61. The lowest BCUT2D eigenvalue weighted by Gasteiger charge is -1.89. The first-order chi connectivity index (χ1) is 6.06. The highest BCUT2D eigenvalue weighted by atomic mass is 16.4. The minimum Gasteiger partial charge on any atom is -0.476 e. The summed E-state index contributed by atoms with van der Waals surface area (Å²) in [5, 5.41) is 12.4. The molecule has 0 aromatic carbocycles. The summed E-state index contributed by atoms with van der Waals surface area (Å²) in [7, 11) is 0. The number of carbonyl (C=O) groups excluding carboxylic acids is 1. The van der Waals surface area contributed by atoms with Crippen LogP contribution in [-0.2, 0) is 6.54 Å². The second kappa shape index (κ2) is 3.38. The number of carboxylic acids is 1. The Labute approximate surface area is 75.0 Å². The molecule has 0 saturated heterocycles. The summed E-state index contributed by atoms with van der Waals surface area (Å²) in [6.07, 6.45) is 1.45. The van der Waals surface area contributed by atoms with Crippen molar-refractivity contribution < 1.29 is 14.7 Å². The van der Waals surface area contributed by atoms with Crippen molar-refractivity contribution in [3.8, 4) is 0 Å². The fourth-order valence-corrected chi connectivity index (χ4v) is 0.999. The summed E-state index contributed by atoms with van der Waals surface area (Å²) in [4.78, 5) is 21.6. The Kier molecular flexibility index (Phi) is 2.46. The molecule has 70 valence electrons. The van der Waals surface area contributed by atoms with Gasteiger partial charge in [0.05, 0.1) is 5.56 Å². The maximum absolute atomic E-state index is 11.0. The Hall–Kier alpha value is -1.65. The van der Waals surface area contributed by atoms with Gasteiger partial charge in [-0.2, -0.15) is 5.10 Å². The minimum atomic E-state index is -1.17. The van der Waals surface area contributed by atoms with Crippen molar-refractivity contribution in [1.29, 1.82) is 0 Å². The van der Waals surface area contributed by atoms with Gasteiger partial charge in [0.1, 0.15) is 0 Å². The number of carbonyl (C=O) groups is 2. The van der Waals surface area contributed by atoms with Crippen molar-refractivity contribution in [1.82, 2.24) is 9.78 Å². The highest BCUT2D eigenvalue weighted by Crippen LogP contribution is 2.07. The van der Waals surface area contributed by atoms with E-state index in [9.17, 15) is 9.59 Å². The number of aryl methyl sites for hydroxylation is 1. The van der Waals surface area contributed by atoms with Crippen molar-refractivity contribution >= 4 is 11.8 Å². The van der Waals surface area contributed by atoms with Crippen molar-refractivity contribution in [3.63, 3.8) is 0 Å². The van der Waals surface area contributed by atoms with Crippen LogP contribution in [-0.4, -0.2) is 26.6 Å². The Morgan fingerprint density at radius 1 is 1.62 bits per heavy atom. The molecule has 1 rings (SSSR count). The number of nitrogens with zero attached hydrogens (tertiary/aromatic N) is 2. The van der Waals surface area contributed by atoms with Crippen LogP contribution in [0.4, 0.5) is 0 Å². The number of aromatic carboxylic acids is 1. The molecular formula is C8H10N2O3. The number of rotatable bonds is 3. The molecule has 0 unspecified atom stereocenters. The zero-order chi connectivity index (χ0) is 10.0. The Morgan fingerprint density at radius 2 is 2.23 bits per heavy atom. The number of hydrogen-bond donors (Lipinski definition) is 1. The maximum Gasteiger partial charge on any atom is 0.357 e. The van der Waals surface area contributed by atoms with Crippen LogP contribution >= 0.6 is 0 Å². The van der Waals surface area contributed by atoms with Crippen LogP contribution in [0.2, 0.25) is 0 Å². The summed E-state index contributed by atoms with van der Waals surface area (Å²) >= 11 is 0. The summed E-state index contributed by atoms with van der Waals surface area (Å²) in [6.45, 7) is 3.69. The molecule has 0 aliphatic heterocycles. The van der Waals surface area contributed by atoms with Crippen LogP contribution in [0.1, 0.15) is 34.7 Å². The first-order valence-corrected chi connectivity index (χ1v) is 3.88. The lowest BCUT2D eigenvalue weighted by Crippen LogP contribution is -2.04. The van der Waals surface area contributed by atoms with Crippen LogP contribution < -0.4 is 0 Å². The van der Waals surface area contributed by atoms with Crippen LogP contribution in [0.5, 0.6) is 0 Å². The van der Waals surface area contributed by atoms with E-state index in [0.29, 0.717) is 6.54 Å². The number of ketones is 1. The van der Waals surface area contributed by atoms with Gasteiger partial charge < -0.3 is 5.11 Å². The number of Topliss-reactive ketones (excluding diaryl/α,β-unsaturated/α-hetero) is 1. The average Bonchev–Trinajstić information content (AvgIpc) is 2.47. The molecule has 13 heavy (non-hydrogen) atoms. The Bertz CT molecular complexity index is 323. The Balaban J connectivity index is 3.23. The van der Waals surface area contributed by atoms with E-state index in [2.05, 4.69) is 5.10 Å². The van der Waals surface area contributed by atoms with Crippen LogP contribution in [0, 0.1) is 0 Å². The molecule has 0 fully saturated rings. The van der Waals surface area contributed by atoms with E-state index in [4.69, 9.17) is 5.11 Å². The summed E-state index contributed by atoms with van der Waals surface area (Å²) in [6, 6.07) is 0. The Morgan fingerprint density at radius 3 is 2.54 bits per heavy atom. The van der Waals surface area contributed by atoms with Gasteiger partial charge >= 0.3 is 5.97 Å². The van der Waals surface area contributed by atoms with Gasteiger partial charge in [0.25, 0.3) is 0 Å². The first-order valence-electron chi connectivity index (χ1n) is 3.88. The van der Waals surface area contributed by atoms with E-state index in [-0.39, 0.29) is 17.0 Å². The first kappa shape index (κ1) is 9.44. The highest BCUT2D eigenvalue weighted by molar-refractivity contribution is 6.03. The predicted octanol–water partition coefficient (Wildman–Crippen LogP) is 0.804. The highest BCUT2D eigenvalue weighted by Gasteiger charge is 2.17. The van der Waals surface area contributed by atoms with E-state index in [1.54, 1.807) is 0 Å². The molecule has 5 heteroatoms. The third-order valence-electron chi connectivity index (χ3n) is 1.67. The molecule has 0 aliphatic rings. The van der Waals surface area contributed by atoms with Crippen LogP contribution in [0.25, 0.3) is 0 Å². The van der Waals surface area contributed by atoms with Gasteiger partial charge in [-0.3, -0.25) is 9.48 Å². The van der Waals surface area contributed by atoms with E-state index in [1.165, 1.54) is 17.8 Å². The van der Waals surface area contributed by atoms with Gasteiger partial charge in [-0.25, -0.2) is 4.79 Å². The van der Waals surface area contributed by atoms with E-state index < -0.39 is 5.97 Å². The molecule has 1 aromatic rings. The standard InChI is InChI=1S/C8H10N2O3/c1-3-10-4-6(5(2)11)7(9-10)8(12)13/h4H,3H2,1-2H3,(H,12,13). The van der Waals surface area contributed by atoms with Gasteiger partial charge in [-0.1, -0.05) is 0 Å². The smallest absolute Gasteiger partial charge is 0.357 e. The molecular weight excluding hydrogens is 172 g/mol. The lowest BCUT2D eigenvalue weighted by atomic mass is 10.2. The van der Waals surface area contributed by atoms with Crippen molar-refractivity contribution in [2.24, 2.45) is 0 Å². The van der Waals surface area contributed by atoms with Gasteiger partial charge in [-0.05, 0) is 13.8 Å². The zero-order valence-electron chi connectivity index (χ0n) is 7.44. The molecule has 0 spiro atoms. The molecule has 0 radical (unpaired) electrons. The fourth-order valence-electron chi connectivity index (χ4n) is 0.999. The molecule has 0 aliphatic carbocycles. The quantitative estimate of drug-likeness (QED) is 0.702. The molecule has 1 N–H and O–H groups in total. The molecule has 5 nitrogen and oxygen atoms in total. The van der Waals surface area contributed by atoms with Gasteiger partial charge in [0.15, 0.2) is 11.5 Å². The minimum absolute atomic E-state index is 0.161. The molecule has 0 amide bonds. The molecule has 0 atom stereocenters. The summed E-state index contributed by atoms with van der Waals surface area (Å²) < 4.78 is 1.43. The summed E-state index contributed by atoms with van der Waals surface area (Å²) in [5.41, 5.74) is -0.0105. The van der Waals surface area contributed by atoms with Gasteiger partial charge in [0, 0.05) is 12.7 Å². The third kappa shape index (κ3) is 1.74. The zero-order valence-corrected chi connectivity index (χ0v) is 7.44. The normalized spacial score (nSPS) is 10.0. The van der Waals surface area contributed by atoms with Crippen molar-refractivity contribution in [2.45, 2.75) is 20.4 Å². The van der Waals surface area contributed by atoms with Crippen molar-refractivity contribution in [2.75, 3.05) is 0 Å². The number of hydrogen-bond acceptors (Lipinski definition) is 3. The van der Waals surface area contributed by atoms with E-state index >= 15 is 0 Å². The molecule has 1 aromatic heterocycles. The van der Waals surface area contributed by atoms with Crippen LogP contribution in [0.3, 0.4) is 0 Å².